The van der Waals surface area contributed by atoms with Crippen LogP contribution in [0.5, 0.6) is 0 Å². The molecule has 0 aromatic carbocycles. The lowest BCUT2D eigenvalue weighted by molar-refractivity contribution is -0.384. The van der Waals surface area contributed by atoms with Crippen molar-refractivity contribution in [3.8, 4) is 0 Å². The van der Waals surface area contributed by atoms with Crippen molar-refractivity contribution in [3.05, 3.63) is 28.4 Å². The SMILES string of the molecule is O=[N+]([O-])c1ccnc(NC2CCOCC2)c1. The largest absolute Gasteiger partial charge is 0.381 e. The van der Waals surface area contributed by atoms with Gasteiger partial charge in [-0.05, 0) is 12.8 Å². The van der Waals surface area contributed by atoms with Crippen LogP contribution in [-0.4, -0.2) is 29.2 Å². The van der Waals surface area contributed by atoms with Gasteiger partial charge in [-0.2, -0.15) is 0 Å². The first-order valence-corrected chi connectivity index (χ1v) is 5.20. The van der Waals surface area contributed by atoms with Crippen LogP contribution in [0.15, 0.2) is 18.3 Å². The number of nitrogens with one attached hydrogen (secondary N) is 1. The molecule has 1 fully saturated rings. The van der Waals surface area contributed by atoms with Crippen LogP contribution in [0.1, 0.15) is 12.8 Å². The van der Waals surface area contributed by atoms with E-state index in [0.29, 0.717) is 11.9 Å². The zero-order valence-corrected chi connectivity index (χ0v) is 8.76. The molecule has 6 nitrogen and oxygen atoms in total. The number of pyridine rings is 1. The molecule has 2 heterocycles. The monoisotopic (exact) mass is 223 g/mol. The lowest BCUT2D eigenvalue weighted by Gasteiger charge is -2.23. The van der Waals surface area contributed by atoms with Crippen LogP contribution in [0.2, 0.25) is 0 Å². The second kappa shape index (κ2) is 4.89. The maximum Gasteiger partial charge on any atom is 0.274 e. The van der Waals surface area contributed by atoms with Gasteiger partial charge < -0.3 is 10.1 Å². The number of hydrogen-bond acceptors (Lipinski definition) is 5. The summed E-state index contributed by atoms with van der Waals surface area (Å²) in [4.78, 5) is 14.2. The summed E-state index contributed by atoms with van der Waals surface area (Å²) < 4.78 is 5.23. The highest BCUT2D eigenvalue weighted by atomic mass is 16.6. The van der Waals surface area contributed by atoms with Crippen molar-refractivity contribution in [1.29, 1.82) is 0 Å². The Hall–Kier alpha value is -1.69. The molecule has 0 spiro atoms. The summed E-state index contributed by atoms with van der Waals surface area (Å²) in [6, 6.07) is 3.13. The number of anilines is 1. The van der Waals surface area contributed by atoms with Gasteiger partial charge in [-0.25, -0.2) is 4.98 Å². The van der Waals surface area contributed by atoms with E-state index in [9.17, 15) is 10.1 Å². The number of nitrogens with zero attached hydrogens (tertiary/aromatic N) is 2. The maximum absolute atomic E-state index is 10.6. The predicted octanol–water partition coefficient (Wildman–Crippen LogP) is 1.58. The van der Waals surface area contributed by atoms with Gasteiger partial charge in [0, 0.05) is 31.5 Å². The number of ether oxygens (including phenoxy) is 1. The van der Waals surface area contributed by atoms with E-state index in [4.69, 9.17) is 4.74 Å². The summed E-state index contributed by atoms with van der Waals surface area (Å²) >= 11 is 0. The third-order valence-corrected chi connectivity index (χ3v) is 2.53. The average Bonchev–Trinajstić information content (AvgIpc) is 2.30. The molecular weight excluding hydrogens is 210 g/mol. The zero-order valence-electron chi connectivity index (χ0n) is 8.76. The van der Waals surface area contributed by atoms with Crippen LogP contribution in [0, 0.1) is 10.1 Å². The van der Waals surface area contributed by atoms with E-state index in [1.165, 1.54) is 18.3 Å². The van der Waals surface area contributed by atoms with E-state index in [2.05, 4.69) is 10.3 Å². The molecule has 0 bridgehead atoms. The van der Waals surface area contributed by atoms with Crippen LogP contribution in [0.25, 0.3) is 0 Å². The molecule has 86 valence electrons. The molecule has 1 aliphatic rings. The smallest absolute Gasteiger partial charge is 0.274 e. The van der Waals surface area contributed by atoms with Gasteiger partial charge in [0.05, 0.1) is 11.0 Å². The summed E-state index contributed by atoms with van der Waals surface area (Å²) in [5, 5.41) is 13.8. The van der Waals surface area contributed by atoms with Crippen molar-refractivity contribution in [2.24, 2.45) is 0 Å². The van der Waals surface area contributed by atoms with E-state index >= 15 is 0 Å². The Morgan fingerprint density at radius 3 is 2.94 bits per heavy atom. The van der Waals surface area contributed by atoms with Gasteiger partial charge in [0.2, 0.25) is 0 Å². The van der Waals surface area contributed by atoms with Gasteiger partial charge in [-0.15, -0.1) is 0 Å². The molecule has 2 rings (SSSR count). The molecule has 0 aliphatic carbocycles. The van der Waals surface area contributed by atoms with E-state index in [1.54, 1.807) is 0 Å². The Kier molecular flexibility index (Phi) is 3.31. The van der Waals surface area contributed by atoms with Gasteiger partial charge >= 0.3 is 0 Å². The molecule has 0 atom stereocenters. The van der Waals surface area contributed by atoms with Crippen LogP contribution < -0.4 is 5.32 Å². The highest BCUT2D eigenvalue weighted by molar-refractivity contribution is 5.44. The Bertz CT molecular complexity index is 377. The summed E-state index contributed by atoms with van der Waals surface area (Å²) in [6.45, 7) is 1.46. The number of hydrogen-bond donors (Lipinski definition) is 1. The Labute approximate surface area is 92.8 Å². The van der Waals surface area contributed by atoms with Gasteiger partial charge in [0.15, 0.2) is 0 Å². The van der Waals surface area contributed by atoms with E-state index in [-0.39, 0.29) is 5.69 Å². The van der Waals surface area contributed by atoms with Crippen molar-refractivity contribution in [2.75, 3.05) is 18.5 Å². The van der Waals surface area contributed by atoms with E-state index < -0.39 is 4.92 Å². The Balaban J connectivity index is 2.02. The van der Waals surface area contributed by atoms with Crippen LogP contribution in [-0.2, 0) is 4.74 Å². The molecule has 0 saturated carbocycles. The summed E-state index contributed by atoms with van der Waals surface area (Å²) in [6.07, 6.45) is 3.26. The first-order chi connectivity index (χ1) is 7.75. The third kappa shape index (κ3) is 2.66. The Morgan fingerprint density at radius 2 is 2.25 bits per heavy atom. The quantitative estimate of drug-likeness (QED) is 0.621. The minimum atomic E-state index is -0.420. The van der Waals surface area contributed by atoms with E-state index in [1.807, 2.05) is 0 Å². The van der Waals surface area contributed by atoms with E-state index in [0.717, 1.165) is 26.1 Å². The van der Waals surface area contributed by atoms with Crippen LogP contribution in [0.3, 0.4) is 0 Å². The lowest BCUT2D eigenvalue weighted by Crippen LogP contribution is -2.28. The minimum Gasteiger partial charge on any atom is -0.381 e. The second-order valence-corrected chi connectivity index (χ2v) is 3.69. The van der Waals surface area contributed by atoms with Crippen molar-refractivity contribution < 1.29 is 9.66 Å². The fourth-order valence-electron chi connectivity index (χ4n) is 1.66. The van der Waals surface area contributed by atoms with Crippen molar-refractivity contribution in [3.63, 3.8) is 0 Å². The standard InChI is InChI=1S/C10H13N3O3/c14-13(15)9-1-4-11-10(7-9)12-8-2-5-16-6-3-8/h1,4,7-8H,2-3,5-6H2,(H,11,12). The summed E-state index contributed by atoms with van der Waals surface area (Å²) in [7, 11) is 0. The van der Waals surface area contributed by atoms with Crippen molar-refractivity contribution in [1.82, 2.24) is 4.98 Å². The predicted molar refractivity (Wildman–Crippen MR) is 58.4 cm³/mol. The first-order valence-electron chi connectivity index (χ1n) is 5.20. The maximum atomic E-state index is 10.6. The molecule has 6 heteroatoms. The first kappa shape index (κ1) is 10.8. The average molecular weight is 223 g/mol. The molecule has 1 saturated heterocycles. The molecule has 1 aromatic rings. The number of aromatic nitrogens is 1. The van der Waals surface area contributed by atoms with Gasteiger partial charge in [0.1, 0.15) is 5.82 Å². The van der Waals surface area contributed by atoms with Gasteiger partial charge in [-0.3, -0.25) is 10.1 Å². The molecule has 1 aromatic heterocycles. The summed E-state index contributed by atoms with van der Waals surface area (Å²) in [5.74, 6) is 0.557. The fraction of sp³-hybridized carbons (Fsp3) is 0.500. The lowest BCUT2D eigenvalue weighted by atomic mass is 10.1. The van der Waals surface area contributed by atoms with Crippen LogP contribution in [0.4, 0.5) is 11.5 Å². The van der Waals surface area contributed by atoms with Crippen molar-refractivity contribution >= 4 is 11.5 Å². The normalized spacial score (nSPS) is 17.0. The topological polar surface area (TPSA) is 77.3 Å². The van der Waals surface area contributed by atoms with Gasteiger partial charge in [0.25, 0.3) is 5.69 Å². The van der Waals surface area contributed by atoms with Gasteiger partial charge in [-0.1, -0.05) is 0 Å². The molecule has 0 radical (unpaired) electrons. The molecular formula is C10H13N3O3. The minimum absolute atomic E-state index is 0.0598. The fourth-order valence-corrected chi connectivity index (χ4v) is 1.66. The number of rotatable bonds is 3. The molecule has 1 aliphatic heterocycles. The molecule has 0 amide bonds. The molecule has 0 unspecified atom stereocenters. The van der Waals surface area contributed by atoms with Crippen LogP contribution >= 0.6 is 0 Å². The highest BCUT2D eigenvalue weighted by Gasteiger charge is 2.15. The molecule has 16 heavy (non-hydrogen) atoms. The third-order valence-electron chi connectivity index (χ3n) is 2.53. The number of nitro groups is 1. The highest BCUT2D eigenvalue weighted by Crippen LogP contribution is 2.17. The second-order valence-electron chi connectivity index (χ2n) is 3.69. The van der Waals surface area contributed by atoms with Crippen molar-refractivity contribution in [2.45, 2.75) is 18.9 Å². The summed E-state index contributed by atoms with van der Waals surface area (Å²) in [5.41, 5.74) is 0.0598. The Morgan fingerprint density at radius 1 is 1.50 bits per heavy atom. The zero-order chi connectivity index (χ0) is 11.4. The molecule has 1 N–H and O–H groups in total.